The number of rotatable bonds is 3. The molecule has 2 fully saturated rings. The van der Waals surface area contributed by atoms with Gasteiger partial charge in [0.1, 0.15) is 5.65 Å². The molecule has 0 aromatic carbocycles. The van der Waals surface area contributed by atoms with E-state index < -0.39 is 0 Å². The number of H-pyrrole nitrogens is 1. The second-order valence-electron chi connectivity index (χ2n) is 6.95. The summed E-state index contributed by atoms with van der Waals surface area (Å²) in [6.45, 7) is 5.82. The Kier molecular flexibility index (Phi) is 3.81. The third kappa shape index (κ3) is 2.63. The van der Waals surface area contributed by atoms with Crippen LogP contribution in [0, 0.1) is 11.8 Å². The fraction of sp³-hybridized carbons (Fsp3) is 0.556. The van der Waals surface area contributed by atoms with Crippen LogP contribution in [0.15, 0.2) is 24.5 Å². The average molecular weight is 312 g/mol. The molecular formula is C18H24N4O. The van der Waals surface area contributed by atoms with Crippen LogP contribution in [0.5, 0.6) is 0 Å². The number of nitrogens with one attached hydrogen (secondary N) is 2. The van der Waals surface area contributed by atoms with E-state index in [1.165, 1.54) is 10.9 Å². The summed E-state index contributed by atoms with van der Waals surface area (Å²) >= 11 is 0. The van der Waals surface area contributed by atoms with Crippen LogP contribution in [0.25, 0.3) is 11.0 Å². The van der Waals surface area contributed by atoms with Crippen molar-refractivity contribution in [3.05, 3.63) is 30.1 Å². The molecule has 0 saturated carbocycles. The van der Waals surface area contributed by atoms with Gasteiger partial charge >= 0.3 is 0 Å². The van der Waals surface area contributed by atoms with Crippen LogP contribution in [0.2, 0.25) is 0 Å². The fourth-order valence-electron chi connectivity index (χ4n) is 3.88. The summed E-state index contributed by atoms with van der Waals surface area (Å²) < 4.78 is 0. The first-order valence-electron chi connectivity index (χ1n) is 8.65. The average Bonchev–Trinajstić information content (AvgIpc) is 2.97. The smallest absolute Gasteiger partial charge is 0.225 e. The molecule has 0 spiro atoms. The number of nitrogens with zero attached hydrogens (tertiary/aromatic N) is 2. The number of aromatic amines is 1. The number of pyridine rings is 1. The fourth-order valence-corrected chi connectivity index (χ4v) is 3.88. The zero-order valence-corrected chi connectivity index (χ0v) is 13.6. The van der Waals surface area contributed by atoms with Crippen molar-refractivity contribution in [2.75, 3.05) is 26.2 Å². The molecule has 2 N–H and O–H groups in total. The van der Waals surface area contributed by atoms with Gasteiger partial charge in [-0.25, -0.2) is 4.98 Å². The van der Waals surface area contributed by atoms with Crippen molar-refractivity contribution >= 4 is 16.9 Å². The van der Waals surface area contributed by atoms with Crippen LogP contribution < -0.4 is 5.32 Å². The lowest BCUT2D eigenvalue weighted by molar-refractivity contribution is -0.138. The molecule has 2 saturated heterocycles. The van der Waals surface area contributed by atoms with Crippen molar-refractivity contribution in [3.63, 3.8) is 0 Å². The summed E-state index contributed by atoms with van der Waals surface area (Å²) in [6, 6.07) is 4.13. The van der Waals surface area contributed by atoms with E-state index in [-0.39, 0.29) is 5.92 Å². The van der Waals surface area contributed by atoms with Gasteiger partial charge in [0.15, 0.2) is 0 Å². The first kappa shape index (κ1) is 14.7. The lowest BCUT2D eigenvalue weighted by Gasteiger charge is -2.38. The Morgan fingerprint density at radius 2 is 2.13 bits per heavy atom. The number of fused-ring (bicyclic) bond motifs is 1. The molecular weight excluding hydrogens is 288 g/mol. The molecule has 0 bridgehead atoms. The van der Waals surface area contributed by atoms with E-state index in [4.69, 9.17) is 0 Å². The maximum atomic E-state index is 12.6. The largest absolute Gasteiger partial charge is 0.346 e. The van der Waals surface area contributed by atoms with Crippen molar-refractivity contribution in [1.82, 2.24) is 20.2 Å². The number of hydrogen-bond acceptors (Lipinski definition) is 3. The zero-order chi connectivity index (χ0) is 15.8. The molecule has 1 amide bonds. The zero-order valence-electron chi connectivity index (χ0n) is 13.6. The Morgan fingerprint density at radius 1 is 1.35 bits per heavy atom. The van der Waals surface area contributed by atoms with E-state index in [0.717, 1.165) is 44.7 Å². The Bertz CT molecular complexity index is 698. The van der Waals surface area contributed by atoms with E-state index in [9.17, 15) is 4.79 Å². The molecule has 5 heteroatoms. The van der Waals surface area contributed by atoms with E-state index >= 15 is 0 Å². The molecule has 2 aromatic rings. The van der Waals surface area contributed by atoms with Crippen molar-refractivity contribution in [2.24, 2.45) is 11.8 Å². The van der Waals surface area contributed by atoms with Gasteiger partial charge in [-0.2, -0.15) is 0 Å². The minimum absolute atomic E-state index is 0.157. The maximum absolute atomic E-state index is 12.6. The van der Waals surface area contributed by atoms with Gasteiger partial charge in [0.25, 0.3) is 0 Å². The summed E-state index contributed by atoms with van der Waals surface area (Å²) in [7, 11) is 0. The van der Waals surface area contributed by atoms with Gasteiger partial charge in [-0.1, -0.05) is 6.92 Å². The second kappa shape index (κ2) is 5.96. The topological polar surface area (TPSA) is 61.0 Å². The van der Waals surface area contributed by atoms with Gasteiger partial charge in [-0.3, -0.25) is 4.79 Å². The summed E-state index contributed by atoms with van der Waals surface area (Å²) in [5, 5.41) is 4.49. The van der Waals surface area contributed by atoms with Gasteiger partial charge in [0.2, 0.25) is 5.91 Å². The number of carbonyl (C=O) groups excluding carboxylic acids is 1. The molecule has 2 aliphatic heterocycles. The van der Waals surface area contributed by atoms with Gasteiger partial charge < -0.3 is 15.2 Å². The van der Waals surface area contributed by atoms with E-state index in [2.05, 4.69) is 39.4 Å². The molecule has 4 heterocycles. The number of amides is 1. The molecule has 1 atom stereocenters. The van der Waals surface area contributed by atoms with Crippen LogP contribution in [0.4, 0.5) is 0 Å². The third-order valence-corrected chi connectivity index (χ3v) is 5.64. The first-order chi connectivity index (χ1) is 11.2. The van der Waals surface area contributed by atoms with Crippen molar-refractivity contribution < 1.29 is 4.79 Å². The number of likely N-dealkylation sites (tertiary alicyclic amines) is 1. The van der Waals surface area contributed by atoms with E-state index in [0.29, 0.717) is 17.7 Å². The minimum atomic E-state index is 0.157. The quantitative estimate of drug-likeness (QED) is 0.912. The number of hydrogen-bond donors (Lipinski definition) is 2. The monoisotopic (exact) mass is 312 g/mol. The lowest BCUT2D eigenvalue weighted by atomic mass is 9.85. The van der Waals surface area contributed by atoms with Gasteiger partial charge in [0.05, 0.1) is 0 Å². The van der Waals surface area contributed by atoms with Crippen LogP contribution in [-0.4, -0.2) is 47.0 Å². The molecule has 122 valence electrons. The van der Waals surface area contributed by atoms with Gasteiger partial charge in [-0.15, -0.1) is 0 Å². The Hall–Kier alpha value is -1.88. The summed E-state index contributed by atoms with van der Waals surface area (Å²) in [6.07, 6.45) is 6.01. The molecule has 23 heavy (non-hydrogen) atoms. The second-order valence-corrected chi connectivity index (χ2v) is 6.95. The lowest BCUT2D eigenvalue weighted by Crippen LogP contribution is -2.51. The van der Waals surface area contributed by atoms with Crippen molar-refractivity contribution in [1.29, 1.82) is 0 Å². The first-order valence-corrected chi connectivity index (χ1v) is 8.65. The number of aromatic nitrogens is 2. The van der Waals surface area contributed by atoms with Gasteiger partial charge in [0, 0.05) is 36.8 Å². The molecule has 5 nitrogen and oxygen atoms in total. The van der Waals surface area contributed by atoms with Crippen molar-refractivity contribution in [2.45, 2.75) is 25.7 Å². The predicted molar refractivity (Wildman–Crippen MR) is 90.2 cm³/mol. The predicted octanol–water partition coefficient (Wildman–Crippen LogP) is 2.12. The highest BCUT2D eigenvalue weighted by atomic mass is 16.2. The summed E-state index contributed by atoms with van der Waals surface area (Å²) in [4.78, 5) is 22.3. The van der Waals surface area contributed by atoms with Crippen LogP contribution in [0.1, 0.15) is 31.2 Å². The molecule has 4 rings (SSSR count). The maximum Gasteiger partial charge on any atom is 0.225 e. The van der Waals surface area contributed by atoms with Gasteiger partial charge in [-0.05, 0) is 55.5 Å². The Labute approximate surface area is 136 Å². The van der Waals surface area contributed by atoms with Crippen LogP contribution in [-0.2, 0) is 4.79 Å². The summed E-state index contributed by atoms with van der Waals surface area (Å²) in [5.74, 6) is 1.55. The number of carbonyl (C=O) groups is 1. The molecule has 1 unspecified atom stereocenters. The molecule has 0 radical (unpaired) electrons. The Morgan fingerprint density at radius 3 is 2.83 bits per heavy atom. The molecule has 2 aromatic heterocycles. The highest BCUT2D eigenvalue weighted by Crippen LogP contribution is 2.33. The highest BCUT2D eigenvalue weighted by molar-refractivity contribution is 5.81. The van der Waals surface area contributed by atoms with E-state index in [1.807, 2.05) is 12.3 Å². The minimum Gasteiger partial charge on any atom is -0.346 e. The highest BCUT2D eigenvalue weighted by Gasteiger charge is 2.33. The van der Waals surface area contributed by atoms with Crippen LogP contribution >= 0.6 is 0 Å². The molecule has 2 aliphatic rings. The van der Waals surface area contributed by atoms with E-state index in [1.54, 1.807) is 0 Å². The standard InChI is InChI=1S/C18H24N4O/c1-12(14-9-19-10-14)18(23)22-7-4-13(5-8-22)16-11-21-17-15(16)3-2-6-20-17/h2-3,6,11-14,19H,4-5,7-10H2,1H3,(H,20,21). The number of piperidine rings is 1. The van der Waals surface area contributed by atoms with Crippen molar-refractivity contribution in [3.8, 4) is 0 Å². The Balaban J connectivity index is 1.41. The SMILES string of the molecule is CC(C(=O)N1CCC(c2c[nH]c3ncccc23)CC1)C1CNC1. The summed E-state index contributed by atoms with van der Waals surface area (Å²) in [5.41, 5.74) is 2.32. The normalized spacial score (nSPS) is 21.3. The molecule has 0 aliphatic carbocycles. The third-order valence-electron chi connectivity index (χ3n) is 5.64. The van der Waals surface area contributed by atoms with Crippen LogP contribution in [0.3, 0.4) is 0 Å².